The summed E-state index contributed by atoms with van der Waals surface area (Å²) in [6.07, 6.45) is 3.18. The molecule has 0 bridgehead atoms. The van der Waals surface area contributed by atoms with Crippen LogP contribution in [0.25, 0.3) is 0 Å². The molecule has 3 nitrogen and oxygen atoms in total. The first-order valence-electron chi connectivity index (χ1n) is 5.28. The quantitative estimate of drug-likeness (QED) is 0.664. The first-order valence-corrected chi connectivity index (χ1v) is 5.28. The Morgan fingerprint density at radius 1 is 1.29 bits per heavy atom. The van der Waals surface area contributed by atoms with Crippen molar-refractivity contribution >= 4 is 11.5 Å². The van der Waals surface area contributed by atoms with Crippen LogP contribution in [-0.2, 0) is 0 Å². The lowest BCUT2D eigenvalue weighted by Gasteiger charge is -2.28. The molecule has 0 aromatic rings. The van der Waals surface area contributed by atoms with Crippen LogP contribution in [0.15, 0.2) is 9.98 Å². The average Bonchev–Trinajstić information content (AvgIpc) is 2.01. The molecule has 0 fully saturated rings. The Labute approximate surface area is 86.9 Å². The Kier molecular flexibility index (Phi) is 3.29. The van der Waals surface area contributed by atoms with E-state index < -0.39 is 0 Å². The van der Waals surface area contributed by atoms with Gasteiger partial charge >= 0.3 is 0 Å². The van der Waals surface area contributed by atoms with Crippen LogP contribution < -0.4 is 0 Å². The van der Waals surface area contributed by atoms with E-state index in [4.69, 9.17) is 0 Å². The molecule has 0 atom stereocenters. The molecule has 0 saturated heterocycles. The third kappa shape index (κ3) is 2.82. The van der Waals surface area contributed by atoms with E-state index in [0.717, 1.165) is 25.1 Å². The number of rotatable bonds is 2. The molecule has 0 N–H and O–H groups in total. The SMILES string of the molecule is CCCC1=NC(C)(C)N=C(N(C)C)C1. The largest absolute Gasteiger partial charge is 0.366 e. The van der Waals surface area contributed by atoms with Crippen LogP contribution >= 0.6 is 0 Å². The normalized spacial score (nSPS) is 20.1. The van der Waals surface area contributed by atoms with Crippen LogP contribution in [0.2, 0.25) is 0 Å². The maximum absolute atomic E-state index is 4.64. The predicted octanol–water partition coefficient (Wildman–Crippen LogP) is 2.33. The maximum atomic E-state index is 4.64. The van der Waals surface area contributed by atoms with Gasteiger partial charge in [0.25, 0.3) is 0 Å². The lowest BCUT2D eigenvalue weighted by atomic mass is 10.1. The molecule has 1 heterocycles. The third-order valence-corrected chi connectivity index (χ3v) is 2.25. The Balaban J connectivity index is 2.82. The van der Waals surface area contributed by atoms with Crippen molar-refractivity contribution < 1.29 is 0 Å². The molecular formula is C11H21N3. The van der Waals surface area contributed by atoms with Crippen molar-refractivity contribution in [1.29, 1.82) is 0 Å². The highest BCUT2D eigenvalue weighted by atomic mass is 15.2. The summed E-state index contributed by atoms with van der Waals surface area (Å²) in [6, 6.07) is 0. The van der Waals surface area contributed by atoms with Crippen molar-refractivity contribution in [3.63, 3.8) is 0 Å². The summed E-state index contributed by atoms with van der Waals surface area (Å²) in [7, 11) is 4.09. The van der Waals surface area contributed by atoms with Crippen LogP contribution in [-0.4, -0.2) is 36.2 Å². The second-order valence-corrected chi connectivity index (χ2v) is 4.52. The minimum Gasteiger partial charge on any atom is -0.366 e. The molecule has 1 rings (SSSR count). The monoisotopic (exact) mass is 195 g/mol. The highest BCUT2D eigenvalue weighted by Gasteiger charge is 2.23. The van der Waals surface area contributed by atoms with Gasteiger partial charge in [0.15, 0.2) is 0 Å². The molecule has 0 saturated carbocycles. The van der Waals surface area contributed by atoms with Crippen LogP contribution in [0, 0.1) is 0 Å². The van der Waals surface area contributed by atoms with Gasteiger partial charge in [0, 0.05) is 26.2 Å². The van der Waals surface area contributed by atoms with Gasteiger partial charge in [0.1, 0.15) is 11.5 Å². The molecule has 3 heteroatoms. The topological polar surface area (TPSA) is 28.0 Å². The summed E-state index contributed by atoms with van der Waals surface area (Å²) in [6.45, 7) is 6.31. The van der Waals surface area contributed by atoms with Gasteiger partial charge in [0.05, 0.1) is 0 Å². The fraction of sp³-hybridized carbons (Fsp3) is 0.818. The van der Waals surface area contributed by atoms with Crippen LogP contribution in [0.4, 0.5) is 0 Å². The molecule has 0 spiro atoms. The summed E-state index contributed by atoms with van der Waals surface area (Å²) in [5.74, 6) is 1.15. The molecule has 14 heavy (non-hydrogen) atoms. The molecule has 0 aliphatic carbocycles. The Bertz CT molecular complexity index is 262. The molecule has 1 aliphatic rings. The molecule has 0 aromatic carbocycles. The van der Waals surface area contributed by atoms with Crippen molar-refractivity contribution in [3.8, 4) is 0 Å². The standard InChI is InChI=1S/C11H21N3/c1-6-7-9-8-10(14(4)5)13-11(2,3)12-9/h6-8H2,1-5H3. The molecule has 0 amide bonds. The maximum Gasteiger partial charge on any atom is 0.146 e. The zero-order valence-corrected chi connectivity index (χ0v) is 9.96. The van der Waals surface area contributed by atoms with Crippen molar-refractivity contribution in [2.45, 2.75) is 45.7 Å². The molecule has 1 aliphatic heterocycles. The van der Waals surface area contributed by atoms with Gasteiger partial charge in [-0.1, -0.05) is 13.3 Å². The second-order valence-electron chi connectivity index (χ2n) is 4.52. The minimum atomic E-state index is -0.262. The van der Waals surface area contributed by atoms with Crippen molar-refractivity contribution in [2.75, 3.05) is 14.1 Å². The zero-order chi connectivity index (χ0) is 10.8. The van der Waals surface area contributed by atoms with Crippen LogP contribution in [0.1, 0.15) is 40.0 Å². The van der Waals surface area contributed by atoms with Crippen molar-refractivity contribution in [3.05, 3.63) is 0 Å². The van der Waals surface area contributed by atoms with Gasteiger partial charge in [-0.3, -0.25) is 4.99 Å². The van der Waals surface area contributed by atoms with Crippen molar-refractivity contribution in [1.82, 2.24) is 4.90 Å². The van der Waals surface area contributed by atoms with E-state index in [2.05, 4.69) is 35.7 Å². The van der Waals surface area contributed by atoms with E-state index in [0.29, 0.717) is 0 Å². The van der Waals surface area contributed by atoms with Crippen LogP contribution in [0.5, 0.6) is 0 Å². The van der Waals surface area contributed by atoms with Crippen molar-refractivity contribution in [2.24, 2.45) is 9.98 Å². The van der Waals surface area contributed by atoms with E-state index in [1.165, 1.54) is 5.71 Å². The Morgan fingerprint density at radius 2 is 1.93 bits per heavy atom. The van der Waals surface area contributed by atoms with E-state index >= 15 is 0 Å². The van der Waals surface area contributed by atoms with Gasteiger partial charge in [-0.25, -0.2) is 4.99 Å². The molecule has 80 valence electrons. The lowest BCUT2D eigenvalue weighted by Crippen LogP contribution is -2.33. The number of hydrogen-bond donors (Lipinski definition) is 0. The van der Waals surface area contributed by atoms with Gasteiger partial charge < -0.3 is 4.90 Å². The summed E-state index contributed by atoms with van der Waals surface area (Å²) >= 11 is 0. The molecule has 0 unspecified atom stereocenters. The number of hydrogen-bond acceptors (Lipinski definition) is 3. The number of amidine groups is 1. The molecule has 0 radical (unpaired) electrons. The second kappa shape index (κ2) is 4.11. The first kappa shape index (κ1) is 11.2. The fourth-order valence-electron chi connectivity index (χ4n) is 1.68. The molecular weight excluding hydrogens is 174 g/mol. The van der Waals surface area contributed by atoms with E-state index in [-0.39, 0.29) is 5.66 Å². The number of nitrogens with zero attached hydrogens (tertiary/aromatic N) is 3. The van der Waals surface area contributed by atoms with E-state index in [1.807, 2.05) is 14.1 Å². The van der Waals surface area contributed by atoms with Gasteiger partial charge in [-0.05, 0) is 20.3 Å². The Hall–Kier alpha value is -0.860. The fourth-order valence-corrected chi connectivity index (χ4v) is 1.68. The van der Waals surface area contributed by atoms with Gasteiger partial charge in [-0.2, -0.15) is 0 Å². The summed E-state index contributed by atoms with van der Waals surface area (Å²) < 4.78 is 0. The minimum absolute atomic E-state index is 0.262. The molecule has 0 aromatic heterocycles. The average molecular weight is 195 g/mol. The highest BCUT2D eigenvalue weighted by Crippen LogP contribution is 2.20. The highest BCUT2D eigenvalue weighted by molar-refractivity contribution is 6.04. The Morgan fingerprint density at radius 3 is 2.43 bits per heavy atom. The third-order valence-electron chi connectivity index (χ3n) is 2.25. The van der Waals surface area contributed by atoms with Gasteiger partial charge in [0.2, 0.25) is 0 Å². The zero-order valence-electron chi connectivity index (χ0n) is 9.96. The van der Waals surface area contributed by atoms with E-state index in [1.54, 1.807) is 0 Å². The summed E-state index contributed by atoms with van der Waals surface area (Å²) in [4.78, 5) is 11.3. The van der Waals surface area contributed by atoms with E-state index in [9.17, 15) is 0 Å². The first-order chi connectivity index (χ1) is 6.44. The predicted molar refractivity (Wildman–Crippen MR) is 62.2 cm³/mol. The van der Waals surface area contributed by atoms with Crippen LogP contribution in [0.3, 0.4) is 0 Å². The lowest BCUT2D eigenvalue weighted by molar-refractivity contribution is 0.509. The smallest absolute Gasteiger partial charge is 0.146 e. The van der Waals surface area contributed by atoms with Gasteiger partial charge in [-0.15, -0.1) is 0 Å². The summed E-state index contributed by atoms with van der Waals surface area (Å²) in [5.41, 5.74) is 1.03. The summed E-state index contributed by atoms with van der Waals surface area (Å²) in [5, 5.41) is 0. The number of aliphatic imine (C=N–C) groups is 2.